The predicted octanol–water partition coefficient (Wildman–Crippen LogP) is 3.45. The molecule has 0 fully saturated rings. The van der Waals surface area contributed by atoms with Gasteiger partial charge >= 0.3 is 0 Å². The number of carbonyl (C=O) groups is 1. The molecule has 0 aliphatic carbocycles. The lowest BCUT2D eigenvalue weighted by Crippen LogP contribution is -2.29. The molecule has 0 saturated heterocycles. The number of fused-ring (bicyclic) bond motifs is 1. The average molecular weight is 406 g/mol. The Kier molecular flexibility index (Phi) is 5.14. The molecule has 0 unspecified atom stereocenters. The number of hydrogen-bond acceptors (Lipinski definition) is 5. The van der Waals surface area contributed by atoms with E-state index in [9.17, 15) is 14.0 Å². The number of aromatic nitrogens is 3. The van der Waals surface area contributed by atoms with Crippen molar-refractivity contribution in [2.45, 2.75) is 26.9 Å². The van der Waals surface area contributed by atoms with Crippen LogP contribution in [0.3, 0.4) is 0 Å². The predicted molar refractivity (Wildman–Crippen MR) is 109 cm³/mol. The third kappa shape index (κ3) is 3.59. The molecule has 30 heavy (non-hydrogen) atoms. The number of amides is 1. The Morgan fingerprint density at radius 3 is 2.80 bits per heavy atom. The van der Waals surface area contributed by atoms with E-state index in [1.807, 2.05) is 13.8 Å². The van der Waals surface area contributed by atoms with Gasteiger partial charge in [-0.25, -0.2) is 9.37 Å². The lowest BCUT2D eigenvalue weighted by atomic mass is 10.1. The zero-order valence-corrected chi connectivity index (χ0v) is 16.5. The fraction of sp³-hybridized carbons (Fsp3) is 0.182. The highest BCUT2D eigenvalue weighted by molar-refractivity contribution is 5.96. The summed E-state index contributed by atoms with van der Waals surface area (Å²) in [6.07, 6.45) is 1.51. The lowest BCUT2D eigenvalue weighted by Gasteiger charge is -2.11. The van der Waals surface area contributed by atoms with Crippen LogP contribution in [0.2, 0.25) is 0 Å². The third-order valence-electron chi connectivity index (χ3n) is 4.77. The van der Waals surface area contributed by atoms with Crippen LogP contribution in [-0.2, 0) is 13.1 Å². The summed E-state index contributed by atoms with van der Waals surface area (Å²) in [5.74, 6) is -0.692. The second-order valence-corrected chi connectivity index (χ2v) is 6.83. The van der Waals surface area contributed by atoms with Crippen LogP contribution in [0.15, 0.2) is 58.0 Å². The molecular formula is C22H19FN4O3. The maximum Gasteiger partial charge on any atom is 0.257 e. The molecule has 0 spiro atoms. The number of nitrogens with one attached hydrogen (secondary N) is 1. The summed E-state index contributed by atoms with van der Waals surface area (Å²) < 4.78 is 20.8. The summed E-state index contributed by atoms with van der Waals surface area (Å²) in [6.45, 7) is 4.35. The zero-order chi connectivity index (χ0) is 21.3. The minimum Gasteiger partial charge on any atom is -0.356 e. The Hall–Kier alpha value is -3.81. The van der Waals surface area contributed by atoms with E-state index in [0.29, 0.717) is 23.3 Å². The Labute approximate surface area is 171 Å². The minimum absolute atomic E-state index is 0.0211. The van der Waals surface area contributed by atoms with Gasteiger partial charge in [-0.05, 0) is 38.1 Å². The molecule has 1 amide bonds. The van der Waals surface area contributed by atoms with Crippen LogP contribution in [0.5, 0.6) is 0 Å². The standard InChI is InChI=1S/C22H19FN4O3/c1-3-27-12-17(20(28)16-9-8-13(2)25-21(16)27)22(29)24-11-14-10-19(30-26-14)15-6-4-5-7-18(15)23/h4-10,12H,3,11H2,1-2H3,(H,24,29). The largest absolute Gasteiger partial charge is 0.356 e. The van der Waals surface area contributed by atoms with Crippen LogP contribution in [0.4, 0.5) is 4.39 Å². The Bertz CT molecular complexity index is 1310. The van der Waals surface area contributed by atoms with Crippen molar-refractivity contribution in [3.63, 3.8) is 0 Å². The highest BCUT2D eigenvalue weighted by atomic mass is 19.1. The lowest BCUT2D eigenvalue weighted by molar-refractivity contribution is 0.0948. The van der Waals surface area contributed by atoms with Crippen molar-refractivity contribution in [3.8, 4) is 11.3 Å². The molecule has 0 radical (unpaired) electrons. The molecule has 4 rings (SSSR count). The topological polar surface area (TPSA) is 90.0 Å². The summed E-state index contributed by atoms with van der Waals surface area (Å²) in [6, 6.07) is 11.2. The Morgan fingerprint density at radius 2 is 2.03 bits per heavy atom. The van der Waals surface area contributed by atoms with E-state index in [0.717, 1.165) is 5.69 Å². The number of rotatable bonds is 5. The van der Waals surface area contributed by atoms with E-state index in [-0.39, 0.29) is 28.9 Å². The molecule has 0 atom stereocenters. The van der Waals surface area contributed by atoms with Crippen LogP contribution in [-0.4, -0.2) is 20.6 Å². The van der Waals surface area contributed by atoms with Gasteiger partial charge in [-0.15, -0.1) is 0 Å². The van der Waals surface area contributed by atoms with Crippen LogP contribution in [0.25, 0.3) is 22.4 Å². The van der Waals surface area contributed by atoms with E-state index in [2.05, 4.69) is 15.5 Å². The van der Waals surface area contributed by atoms with Crippen molar-refractivity contribution in [3.05, 3.63) is 81.7 Å². The van der Waals surface area contributed by atoms with Gasteiger partial charge in [0, 0.05) is 24.5 Å². The molecule has 0 aliphatic rings. The van der Waals surface area contributed by atoms with Crippen LogP contribution >= 0.6 is 0 Å². The second kappa shape index (κ2) is 7.90. The first-order valence-electron chi connectivity index (χ1n) is 9.47. The maximum absolute atomic E-state index is 13.9. The van der Waals surface area contributed by atoms with Crippen LogP contribution < -0.4 is 10.7 Å². The molecule has 0 bridgehead atoms. The normalized spacial score (nSPS) is 11.0. The second-order valence-electron chi connectivity index (χ2n) is 6.83. The number of benzene rings is 1. The van der Waals surface area contributed by atoms with E-state index in [4.69, 9.17) is 4.52 Å². The monoisotopic (exact) mass is 406 g/mol. The van der Waals surface area contributed by atoms with E-state index in [1.165, 1.54) is 12.3 Å². The summed E-state index contributed by atoms with van der Waals surface area (Å²) >= 11 is 0. The molecule has 3 aromatic heterocycles. The van der Waals surface area contributed by atoms with E-state index < -0.39 is 11.7 Å². The number of aryl methyl sites for hydroxylation is 2. The summed E-state index contributed by atoms with van der Waals surface area (Å²) in [4.78, 5) is 29.9. The van der Waals surface area contributed by atoms with Crippen molar-refractivity contribution in [2.24, 2.45) is 0 Å². The SMILES string of the molecule is CCn1cc(C(=O)NCc2cc(-c3ccccc3F)on2)c(=O)c2ccc(C)nc21. The highest BCUT2D eigenvalue weighted by Gasteiger charge is 2.17. The summed E-state index contributed by atoms with van der Waals surface area (Å²) in [7, 11) is 0. The van der Waals surface area contributed by atoms with Gasteiger partial charge in [0.05, 0.1) is 17.5 Å². The Morgan fingerprint density at radius 1 is 1.23 bits per heavy atom. The molecule has 4 aromatic rings. The van der Waals surface area contributed by atoms with Crippen molar-refractivity contribution in [1.29, 1.82) is 0 Å². The van der Waals surface area contributed by atoms with Gasteiger partial charge < -0.3 is 14.4 Å². The van der Waals surface area contributed by atoms with Gasteiger partial charge in [0.1, 0.15) is 22.7 Å². The quantitative estimate of drug-likeness (QED) is 0.548. The average Bonchev–Trinajstić information content (AvgIpc) is 3.21. The molecule has 1 aromatic carbocycles. The number of hydrogen-bond donors (Lipinski definition) is 1. The van der Waals surface area contributed by atoms with Crippen molar-refractivity contribution in [1.82, 2.24) is 20.0 Å². The van der Waals surface area contributed by atoms with Gasteiger partial charge in [0.15, 0.2) is 5.76 Å². The van der Waals surface area contributed by atoms with Gasteiger partial charge in [-0.2, -0.15) is 0 Å². The van der Waals surface area contributed by atoms with Crippen LogP contribution in [0, 0.1) is 12.7 Å². The number of halogens is 1. The fourth-order valence-electron chi connectivity index (χ4n) is 3.21. The molecule has 1 N–H and O–H groups in total. The van der Waals surface area contributed by atoms with E-state index in [1.54, 1.807) is 41.0 Å². The fourth-order valence-corrected chi connectivity index (χ4v) is 3.21. The number of carbonyl (C=O) groups excluding carboxylic acids is 1. The van der Waals surface area contributed by atoms with Gasteiger partial charge in [0.2, 0.25) is 5.43 Å². The molecule has 0 aliphatic heterocycles. The summed E-state index contributed by atoms with van der Waals surface area (Å²) in [5, 5.41) is 6.93. The molecular weight excluding hydrogens is 387 g/mol. The smallest absolute Gasteiger partial charge is 0.257 e. The molecule has 0 saturated carbocycles. The first-order chi connectivity index (χ1) is 14.5. The zero-order valence-electron chi connectivity index (χ0n) is 16.5. The molecule has 8 heteroatoms. The maximum atomic E-state index is 13.9. The summed E-state index contributed by atoms with van der Waals surface area (Å²) in [5.41, 5.74) is 1.67. The van der Waals surface area contributed by atoms with Crippen molar-refractivity contribution in [2.75, 3.05) is 0 Å². The minimum atomic E-state index is -0.528. The Balaban J connectivity index is 1.57. The first kappa shape index (κ1) is 19.5. The first-order valence-corrected chi connectivity index (χ1v) is 9.47. The molecule has 7 nitrogen and oxygen atoms in total. The molecule has 152 valence electrons. The van der Waals surface area contributed by atoms with Crippen molar-refractivity contribution >= 4 is 16.9 Å². The van der Waals surface area contributed by atoms with Gasteiger partial charge in [-0.1, -0.05) is 17.3 Å². The van der Waals surface area contributed by atoms with Crippen LogP contribution in [0.1, 0.15) is 28.7 Å². The van der Waals surface area contributed by atoms with Gasteiger partial charge in [-0.3, -0.25) is 9.59 Å². The van der Waals surface area contributed by atoms with E-state index >= 15 is 0 Å². The third-order valence-corrected chi connectivity index (χ3v) is 4.77. The molecule has 3 heterocycles. The number of nitrogens with zero attached hydrogens (tertiary/aromatic N) is 3. The number of pyridine rings is 2. The van der Waals surface area contributed by atoms with Crippen molar-refractivity contribution < 1.29 is 13.7 Å². The highest BCUT2D eigenvalue weighted by Crippen LogP contribution is 2.23. The van der Waals surface area contributed by atoms with Gasteiger partial charge in [0.25, 0.3) is 5.91 Å².